The fourth-order valence-electron chi connectivity index (χ4n) is 1.93. The minimum Gasteiger partial charge on any atom is -1.00 e. The van der Waals surface area contributed by atoms with Crippen LogP contribution in [0.25, 0.3) is 0 Å². The van der Waals surface area contributed by atoms with Crippen molar-refractivity contribution in [2.24, 2.45) is 0 Å². The van der Waals surface area contributed by atoms with Crippen LogP contribution >= 0.6 is 0 Å². The lowest BCUT2D eigenvalue weighted by Crippen LogP contribution is -3.00. The minimum absolute atomic E-state index is 0. The van der Waals surface area contributed by atoms with Crippen molar-refractivity contribution in [2.75, 3.05) is 16.1 Å². The van der Waals surface area contributed by atoms with Gasteiger partial charge in [-0.25, -0.2) is 0 Å². The van der Waals surface area contributed by atoms with Crippen LogP contribution in [-0.2, 0) is 16.1 Å². The van der Waals surface area contributed by atoms with E-state index in [0.29, 0.717) is 10.8 Å². The van der Waals surface area contributed by atoms with E-state index in [1.165, 1.54) is 19.1 Å². The molecule has 1 heterocycles. The average Bonchev–Trinajstić information content (AvgIpc) is 2.47. The van der Waals surface area contributed by atoms with Crippen LogP contribution < -0.4 is 33.1 Å². The lowest BCUT2D eigenvalue weighted by atomic mass is 10.2. The van der Waals surface area contributed by atoms with E-state index in [9.17, 15) is 14.8 Å². The zero-order valence-corrected chi connectivity index (χ0v) is 13.2. The summed E-state index contributed by atoms with van der Waals surface area (Å²) in [6.45, 7) is 1.35. The second-order valence-electron chi connectivity index (χ2n) is 4.71. The molecule has 2 amide bonds. The van der Waals surface area contributed by atoms with Crippen LogP contribution in [0.2, 0.25) is 0 Å². The summed E-state index contributed by atoms with van der Waals surface area (Å²) in [5, 5.41) is 13.1. The van der Waals surface area contributed by atoms with Crippen molar-refractivity contribution < 1.29 is 31.8 Å². The number of aromatic nitrogens is 1. The lowest BCUT2D eigenvalue weighted by molar-refractivity contribution is -0.684. The monoisotopic (exact) mass is 336 g/mol. The number of amides is 2. The van der Waals surface area contributed by atoms with E-state index in [2.05, 4.69) is 5.32 Å². The predicted molar refractivity (Wildman–Crippen MR) is 81.1 cm³/mol. The minimum atomic E-state index is -0.532. The van der Waals surface area contributed by atoms with E-state index in [4.69, 9.17) is 5.73 Å². The van der Waals surface area contributed by atoms with Gasteiger partial charge in [0, 0.05) is 24.7 Å². The highest BCUT2D eigenvalue weighted by Gasteiger charge is 2.20. The Bertz CT molecular complexity index is 694. The number of carbonyl (C=O) groups excluding carboxylic acids is 2. The molecule has 8 heteroatoms. The maximum atomic E-state index is 12.1. The third-order valence-electron chi connectivity index (χ3n) is 2.91. The molecule has 0 aliphatic carbocycles. The van der Waals surface area contributed by atoms with Crippen LogP contribution in [0.5, 0.6) is 0 Å². The smallest absolute Gasteiger partial charge is 0.316 e. The molecule has 122 valence electrons. The number of pyridine rings is 1. The Labute approximate surface area is 139 Å². The first-order chi connectivity index (χ1) is 10.5. The van der Waals surface area contributed by atoms with Gasteiger partial charge in [-0.05, 0) is 18.2 Å². The van der Waals surface area contributed by atoms with Crippen LogP contribution in [0.1, 0.15) is 6.92 Å². The second-order valence-corrected chi connectivity index (χ2v) is 4.71. The molecule has 1 aromatic carbocycles. The molecule has 0 spiro atoms. The fraction of sp³-hybridized carbons (Fsp3) is 0.133. The van der Waals surface area contributed by atoms with Crippen molar-refractivity contribution in [1.82, 2.24) is 0 Å². The lowest BCUT2D eigenvalue weighted by Gasteiger charge is -2.16. The standard InChI is InChI=1S/C15H16N4O3.ClH/c1-11(20)17-12-5-6-14(13(16)9-12)19(22)15(21)10-18-7-3-2-4-8-18;/h2-9,22H,10,16H2,1H3;1H. The van der Waals surface area contributed by atoms with Crippen LogP contribution in [-0.4, -0.2) is 17.0 Å². The SMILES string of the molecule is CC(=O)Nc1ccc(N(O)C(=O)C[n+]2ccccc2)c(N)c1.[Cl-]. The molecular weight excluding hydrogens is 320 g/mol. The molecule has 0 saturated carbocycles. The van der Waals surface area contributed by atoms with E-state index in [1.807, 2.05) is 6.07 Å². The summed E-state index contributed by atoms with van der Waals surface area (Å²) < 4.78 is 1.63. The molecule has 0 aliphatic rings. The molecule has 2 rings (SSSR count). The van der Waals surface area contributed by atoms with Crippen LogP contribution in [0.4, 0.5) is 17.1 Å². The number of nitrogen functional groups attached to an aromatic ring is 1. The Hall–Kier alpha value is -2.64. The summed E-state index contributed by atoms with van der Waals surface area (Å²) in [6, 6.07) is 9.89. The largest absolute Gasteiger partial charge is 1.00 e. The maximum absolute atomic E-state index is 12.1. The molecule has 2 aromatic rings. The molecule has 0 atom stereocenters. The van der Waals surface area contributed by atoms with Crippen LogP contribution in [0.15, 0.2) is 48.8 Å². The van der Waals surface area contributed by atoms with E-state index in [-0.39, 0.29) is 36.2 Å². The van der Waals surface area contributed by atoms with Crippen LogP contribution in [0, 0.1) is 0 Å². The third kappa shape index (κ3) is 4.94. The van der Waals surface area contributed by atoms with Crippen molar-refractivity contribution in [2.45, 2.75) is 13.5 Å². The normalized spacial score (nSPS) is 9.65. The van der Waals surface area contributed by atoms with Gasteiger partial charge >= 0.3 is 5.91 Å². The number of hydrogen-bond acceptors (Lipinski definition) is 4. The van der Waals surface area contributed by atoms with Gasteiger partial charge in [0.15, 0.2) is 12.4 Å². The summed E-state index contributed by atoms with van der Waals surface area (Å²) >= 11 is 0. The molecule has 7 nitrogen and oxygen atoms in total. The Morgan fingerprint density at radius 3 is 2.48 bits per heavy atom. The Morgan fingerprint density at radius 1 is 1.26 bits per heavy atom. The quantitative estimate of drug-likeness (QED) is 0.259. The molecule has 4 N–H and O–H groups in total. The molecule has 0 unspecified atom stereocenters. The third-order valence-corrected chi connectivity index (χ3v) is 2.91. The average molecular weight is 337 g/mol. The van der Waals surface area contributed by atoms with E-state index >= 15 is 0 Å². The van der Waals surface area contributed by atoms with Crippen molar-refractivity contribution in [3.05, 3.63) is 48.8 Å². The molecule has 1 aromatic heterocycles. The van der Waals surface area contributed by atoms with Gasteiger partial charge in [-0.3, -0.25) is 14.8 Å². The number of halogens is 1. The van der Waals surface area contributed by atoms with Gasteiger partial charge < -0.3 is 23.5 Å². The first-order valence-electron chi connectivity index (χ1n) is 6.60. The number of nitrogens with two attached hydrogens (primary N) is 1. The van der Waals surface area contributed by atoms with E-state index in [1.54, 1.807) is 35.2 Å². The van der Waals surface area contributed by atoms with Crippen LogP contribution in [0.3, 0.4) is 0 Å². The first kappa shape index (κ1) is 18.4. The first-order valence-corrected chi connectivity index (χ1v) is 6.60. The van der Waals surface area contributed by atoms with Gasteiger partial charge in [0.25, 0.3) is 0 Å². The molecule has 0 bridgehead atoms. The number of benzene rings is 1. The number of anilines is 3. The Balaban J connectivity index is 0.00000264. The fourth-order valence-corrected chi connectivity index (χ4v) is 1.93. The number of hydroxylamine groups is 1. The highest BCUT2D eigenvalue weighted by Crippen LogP contribution is 2.25. The van der Waals surface area contributed by atoms with Crippen molar-refractivity contribution in [3.8, 4) is 0 Å². The summed E-state index contributed by atoms with van der Waals surface area (Å²) in [6.07, 6.45) is 3.43. The zero-order chi connectivity index (χ0) is 16.1. The van der Waals surface area contributed by atoms with Crippen molar-refractivity contribution in [1.29, 1.82) is 0 Å². The Kier molecular flexibility index (Phi) is 6.49. The van der Waals surface area contributed by atoms with Gasteiger partial charge in [0.2, 0.25) is 12.5 Å². The number of rotatable bonds is 4. The molecular formula is C15H17ClN4O3. The summed E-state index contributed by atoms with van der Waals surface area (Å²) in [5.41, 5.74) is 6.65. The highest BCUT2D eigenvalue weighted by molar-refractivity contribution is 5.95. The maximum Gasteiger partial charge on any atom is 0.316 e. The summed E-state index contributed by atoms with van der Waals surface area (Å²) in [7, 11) is 0. The topological polar surface area (TPSA) is 99.5 Å². The van der Waals surface area contributed by atoms with Crippen molar-refractivity contribution in [3.63, 3.8) is 0 Å². The number of nitrogens with zero attached hydrogens (tertiary/aromatic N) is 2. The second kappa shape index (κ2) is 8.11. The molecule has 23 heavy (non-hydrogen) atoms. The number of carbonyl (C=O) groups is 2. The predicted octanol–water partition coefficient (Wildman–Crippen LogP) is -2.06. The summed E-state index contributed by atoms with van der Waals surface area (Å²) in [4.78, 5) is 23.0. The molecule has 0 fully saturated rings. The number of nitrogens with one attached hydrogen (secondary N) is 1. The van der Waals surface area contributed by atoms with Gasteiger partial charge in [-0.2, -0.15) is 9.63 Å². The van der Waals surface area contributed by atoms with Gasteiger partial charge in [0.1, 0.15) is 0 Å². The summed E-state index contributed by atoms with van der Waals surface area (Å²) in [5.74, 6) is -0.764. The van der Waals surface area contributed by atoms with E-state index < -0.39 is 5.91 Å². The van der Waals surface area contributed by atoms with Gasteiger partial charge in [0.05, 0.1) is 11.4 Å². The van der Waals surface area contributed by atoms with E-state index in [0.717, 1.165) is 0 Å². The number of hydrogen-bond donors (Lipinski definition) is 3. The Morgan fingerprint density at radius 2 is 1.91 bits per heavy atom. The van der Waals surface area contributed by atoms with Crippen molar-refractivity contribution >= 4 is 28.9 Å². The zero-order valence-electron chi connectivity index (χ0n) is 12.4. The molecule has 0 radical (unpaired) electrons. The molecule has 0 saturated heterocycles. The van der Waals surface area contributed by atoms with Gasteiger partial charge in [-0.15, -0.1) is 0 Å². The van der Waals surface area contributed by atoms with Gasteiger partial charge in [-0.1, -0.05) is 6.07 Å². The molecule has 0 aliphatic heterocycles. The highest BCUT2D eigenvalue weighted by atomic mass is 35.5.